The molecule has 0 amide bonds. The predicted molar refractivity (Wildman–Crippen MR) is 74.2 cm³/mol. The Morgan fingerprint density at radius 3 is 2.56 bits per heavy atom. The summed E-state index contributed by atoms with van der Waals surface area (Å²) >= 11 is 0. The van der Waals surface area contributed by atoms with Crippen LogP contribution in [-0.4, -0.2) is 18.5 Å². The molecule has 0 spiro atoms. The van der Waals surface area contributed by atoms with Crippen molar-refractivity contribution >= 4 is 5.96 Å². The van der Waals surface area contributed by atoms with Gasteiger partial charge in [0.2, 0.25) is 0 Å². The molecule has 0 radical (unpaired) electrons. The molecule has 1 aromatic rings. The monoisotopic (exact) mass is 251 g/mol. The SMILES string of the molecule is CC(C)NC(N)=NCC(C)(C)c1ccccc1F. The van der Waals surface area contributed by atoms with E-state index in [1.54, 1.807) is 12.1 Å². The van der Waals surface area contributed by atoms with Crippen molar-refractivity contribution in [3.63, 3.8) is 0 Å². The summed E-state index contributed by atoms with van der Waals surface area (Å²) in [7, 11) is 0. The van der Waals surface area contributed by atoms with Crippen LogP contribution in [0.5, 0.6) is 0 Å². The average molecular weight is 251 g/mol. The molecule has 0 saturated heterocycles. The zero-order valence-corrected chi connectivity index (χ0v) is 11.5. The van der Waals surface area contributed by atoms with Gasteiger partial charge in [0.05, 0.1) is 6.54 Å². The highest BCUT2D eigenvalue weighted by molar-refractivity contribution is 5.78. The Labute approximate surface area is 108 Å². The van der Waals surface area contributed by atoms with Crippen molar-refractivity contribution in [1.29, 1.82) is 0 Å². The number of halogens is 1. The lowest BCUT2D eigenvalue weighted by Crippen LogP contribution is -2.38. The van der Waals surface area contributed by atoms with Gasteiger partial charge >= 0.3 is 0 Å². The number of hydrogen-bond donors (Lipinski definition) is 2. The van der Waals surface area contributed by atoms with E-state index in [-0.39, 0.29) is 17.3 Å². The number of nitrogens with one attached hydrogen (secondary N) is 1. The number of hydrogen-bond acceptors (Lipinski definition) is 1. The number of rotatable bonds is 4. The zero-order valence-electron chi connectivity index (χ0n) is 11.5. The molecule has 0 fully saturated rings. The van der Waals surface area contributed by atoms with E-state index in [2.05, 4.69) is 10.3 Å². The second-order valence-corrected chi connectivity index (χ2v) is 5.36. The molecule has 0 aliphatic rings. The van der Waals surface area contributed by atoms with Gasteiger partial charge in [-0.15, -0.1) is 0 Å². The van der Waals surface area contributed by atoms with E-state index in [4.69, 9.17) is 5.73 Å². The van der Waals surface area contributed by atoms with Gasteiger partial charge in [0.15, 0.2) is 5.96 Å². The quantitative estimate of drug-likeness (QED) is 0.638. The highest BCUT2D eigenvalue weighted by atomic mass is 19.1. The Bertz CT molecular complexity index is 425. The third kappa shape index (κ3) is 4.02. The van der Waals surface area contributed by atoms with Gasteiger partial charge in [-0.3, -0.25) is 4.99 Å². The molecule has 3 nitrogen and oxygen atoms in total. The van der Waals surface area contributed by atoms with Gasteiger partial charge in [0.25, 0.3) is 0 Å². The van der Waals surface area contributed by atoms with Gasteiger partial charge in [-0.25, -0.2) is 4.39 Å². The molecular formula is C14H22FN3. The molecule has 0 saturated carbocycles. The molecule has 0 aliphatic carbocycles. The molecule has 1 rings (SSSR count). The lowest BCUT2D eigenvalue weighted by atomic mass is 9.84. The summed E-state index contributed by atoms with van der Waals surface area (Å²) in [5, 5.41) is 3.02. The largest absolute Gasteiger partial charge is 0.370 e. The second kappa shape index (κ2) is 5.85. The van der Waals surface area contributed by atoms with Crippen LogP contribution in [0.3, 0.4) is 0 Å². The minimum atomic E-state index is -0.380. The van der Waals surface area contributed by atoms with Crippen LogP contribution in [0.25, 0.3) is 0 Å². The van der Waals surface area contributed by atoms with Crippen molar-refractivity contribution in [2.24, 2.45) is 10.7 Å². The Morgan fingerprint density at radius 2 is 2.00 bits per heavy atom. The number of nitrogens with zero attached hydrogens (tertiary/aromatic N) is 1. The first-order valence-corrected chi connectivity index (χ1v) is 6.14. The third-order valence-electron chi connectivity index (χ3n) is 2.68. The molecule has 0 unspecified atom stereocenters. The smallest absolute Gasteiger partial charge is 0.188 e. The van der Waals surface area contributed by atoms with Gasteiger partial charge in [-0.2, -0.15) is 0 Å². The van der Waals surface area contributed by atoms with E-state index in [0.717, 1.165) is 0 Å². The molecule has 18 heavy (non-hydrogen) atoms. The van der Waals surface area contributed by atoms with Crippen LogP contribution in [-0.2, 0) is 5.41 Å². The lowest BCUT2D eigenvalue weighted by molar-refractivity contribution is 0.492. The minimum Gasteiger partial charge on any atom is -0.370 e. The van der Waals surface area contributed by atoms with Gasteiger partial charge < -0.3 is 11.1 Å². The molecule has 0 atom stereocenters. The first kappa shape index (κ1) is 14.5. The normalized spacial score (nSPS) is 12.9. The van der Waals surface area contributed by atoms with Crippen molar-refractivity contribution in [3.8, 4) is 0 Å². The molecule has 0 heterocycles. The van der Waals surface area contributed by atoms with E-state index in [9.17, 15) is 4.39 Å². The van der Waals surface area contributed by atoms with Crippen molar-refractivity contribution in [2.45, 2.75) is 39.2 Å². The summed E-state index contributed by atoms with van der Waals surface area (Å²) in [4.78, 5) is 4.27. The highest BCUT2D eigenvalue weighted by Crippen LogP contribution is 2.25. The molecule has 100 valence electrons. The van der Waals surface area contributed by atoms with Crippen LogP contribution >= 0.6 is 0 Å². The molecule has 1 aromatic carbocycles. The summed E-state index contributed by atoms with van der Waals surface area (Å²) in [5.41, 5.74) is 6.02. The summed E-state index contributed by atoms with van der Waals surface area (Å²) in [5.74, 6) is 0.197. The van der Waals surface area contributed by atoms with Crippen LogP contribution in [0.2, 0.25) is 0 Å². The zero-order chi connectivity index (χ0) is 13.8. The fraction of sp³-hybridized carbons (Fsp3) is 0.500. The Balaban J connectivity index is 2.80. The maximum atomic E-state index is 13.7. The predicted octanol–water partition coefficient (Wildman–Crippen LogP) is 2.42. The highest BCUT2D eigenvalue weighted by Gasteiger charge is 2.23. The molecule has 3 N–H and O–H groups in total. The topological polar surface area (TPSA) is 50.4 Å². The average Bonchev–Trinajstić information content (AvgIpc) is 2.26. The molecular weight excluding hydrogens is 229 g/mol. The summed E-state index contributed by atoms with van der Waals surface area (Å²) < 4.78 is 13.7. The summed E-state index contributed by atoms with van der Waals surface area (Å²) in [6.45, 7) is 8.34. The number of benzene rings is 1. The third-order valence-corrected chi connectivity index (χ3v) is 2.68. The van der Waals surface area contributed by atoms with E-state index in [1.807, 2.05) is 33.8 Å². The number of guanidine groups is 1. The molecule has 0 aromatic heterocycles. The van der Waals surface area contributed by atoms with Gasteiger partial charge in [0, 0.05) is 11.5 Å². The maximum absolute atomic E-state index is 13.7. The fourth-order valence-electron chi connectivity index (χ4n) is 1.72. The van der Waals surface area contributed by atoms with Crippen molar-refractivity contribution in [3.05, 3.63) is 35.6 Å². The standard InChI is InChI=1S/C14H22FN3/c1-10(2)18-13(16)17-9-14(3,4)11-7-5-6-8-12(11)15/h5-8,10H,9H2,1-4H3,(H3,16,17,18). The van der Waals surface area contributed by atoms with Gasteiger partial charge in [0.1, 0.15) is 5.82 Å². The van der Waals surface area contributed by atoms with Crippen molar-refractivity contribution < 1.29 is 4.39 Å². The second-order valence-electron chi connectivity index (χ2n) is 5.36. The minimum absolute atomic E-state index is 0.201. The first-order valence-electron chi connectivity index (χ1n) is 6.14. The van der Waals surface area contributed by atoms with Crippen LogP contribution in [0, 0.1) is 5.82 Å². The molecule has 0 aliphatic heterocycles. The van der Waals surface area contributed by atoms with Crippen LogP contribution in [0.1, 0.15) is 33.3 Å². The molecule has 4 heteroatoms. The van der Waals surface area contributed by atoms with Crippen LogP contribution in [0.15, 0.2) is 29.3 Å². The summed E-state index contributed by atoms with van der Waals surface area (Å²) in [6.07, 6.45) is 0. The Morgan fingerprint density at radius 1 is 1.39 bits per heavy atom. The van der Waals surface area contributed by atoms with Gasteiger partial charge in [-0.05, 0) is 25.5 Å². The maximum Gasteiger partial charge on any atom is 0.188 e. The fourth-order valence-corrected chi connectivity index (χ4v) is 1.72. The van der Waals surface area contributed by atoms with E-state index in [0.29, 0.717) is 18.1 Å². The summed E-state index contributed by atoms with van der Waals surface area (Å²) in [6, 6.07) is 7.02. The Hall–Kier alpha value is -1.58. The van der Waals surface area contributed by atoms with Crippen LogP contribution < -0.4 is 11.1 Å². The van der Waals surface area contributed by atoms with E-state index in [1.165, 1.54) is 6.07 Å². The Kier molecular flexibility index (Phi) is 4.70. The van der Waals surface area contributed by atoms with Crippen molar-refractivity contribution in [2.75, 3.05) is 6.54 Å². The van der Waals surface area contributed by atoms with Crippen LogP contribution in [0.4, 0.5) is 4.39 Å². The number of nitrogens with two attached hydrogens (primary N) is 1. The van der Waals surface area contributed by atoms with Gasteiger partial charge in [-0.1, -0.05) is 32.0 Å². The lowest BCUT2D eigenvalue weighted by Gasteiger charge is -2.24. The van der Waals surface area contributed by atoms with E-state index >= 15 is 0 Å². The van der Waals surface area contributed by atoms with E-state index < -0.39 is 0 Å². The van der Waals surface area contributed by atoms with Crippen molar-refractivity contribution in [1.82, 2.24) is 5.32 Å². The number of aliphatic imine (C=N–C) groups is 1. The molecule has 0 bridgehead atoms. The first-order chi connectivity index (χ1) is 8.33.